The molecule has 1 aromatic rings. The van der Waals surface area contributed by atoms with Crippen molar-refractivity contribution in [1.29, 1.82) is 0 Å². The van der Waals surface area contributed by atoms with Crippen molar-refractivity contribution in [2.75, 3.05) is 40.3 Å². The number of guanidine groups is 1. The summed E-state index contributed by atoms with van der Waals surface area (Å²) in [5.74, 6) is 1.71. The second-order valence-electron chi connectivity index (χ2n) is 5.46. The molecule has 0 aliphatic carbocycles. The number of likely N-dealkylation sites (tertiary alicyclic amines) is 1. The Kier molecular flexibility index (Phi) is 9.26. The number of piperidine rings is 1. The van der Waals surface area contributed by atoms with Gasteiger partial charge in [0.25, 0.3) is 0 Å². The summed E-state index contributed by atoms with van der Waals surface area (Å²) in [6.45, 7) is 4.41. The van der Waals surface area contributed by atoms with E-state index >= 15 is 0 Å². The largest absolute Gasteiger partial charge is 0.356 e. The van der Waals surface area contributed by atoms with Crippen LogP contribution in [-0.2, 0) is 6.42 Å². The molecule has 0 saturated carbocycles. The lowest BCUT2D eigenvalue weighted by molar-refractivity contribution is 0.220. The van der Waals surface area contributed by atoms with Gasteiger partial charge in [-0.2, -0.15) is 0 Å². The Hall–Kier alpha value is -0.340. The van der Waals surface area contributed by atoms with E-state index in [1.165, 1.54) is 30.8 Å². The third-order valence-corrected chi connectivity index (χ3v) is 4.80. The maximum absolute atomic E-state index is 4.29. The number of thiophene rings is 1. The quantitative estimate of drug-likeness (QED) is 0.435. The van der Waals surface area contributed by atoms with E-state index in [-0.39, 0.29) is 24.0 Å². The Morgan fingerprint density at radius 3 is 2.76 bits per heavy atom. The molecule has 2 N–H and O–H groups in total. The van der Waals surface area contributed by atoms with E-state index in [0.717, 1.165) is 31.4 Å². The molecule has 0 aromatic carbocycles. The summed E-state index contributed by atoms with van der Waals surface area (Å²) in [5, 5.41) is 8.98. The minimum Gasteiger partial charge on any atom is -0.356 e. The van der Waals surface area contributed by atoms with Crippen molar-refractivity contribution < 1.29 is 0 Å². The van der Waals surface area contributed by atoms with Gasteiger partial charge in [0.1, 0.15) is 0 Å². The molecule has 4 nitrogen and oxygen atoms in total. The SMILES string of the molecule is CN=C(NCCc1cccs1)NCC1CCN(C)CC1.I. The Morgan fingerprint density at radius 2 is 2.14 bits per heavy atom. The molecule has 1 saturated heterocycles. The van der Waals surface area contributed by atoms with Crippen molar-refractivity contribution in [2.45, 2.75) is 19.3 Å². The highest BCUT2D eigenvalue weighted by atomic mass is 127. The molecule has 21 heavy (non-hydrogen) atoms. The average Bonchev–Trinajstić information content (AvgIpc) is 2.97. The van der Waals surface area contributed by atoms with Gasteiger partial charge in [-0.1, -0.05) is 6.07 Å². The first-order valence-corrected chi connectivity index (χ1v) is 8.31. The van der Waals surface area contributed by atoms with Crippen LogP contribution in [0.4, 0.5) is 0 Å². The number of hydrogen-bond donors (Lipinski definition) is 2. The van der Waals surface area contributed by atoms with Gasteiger partial charge in [0.15, 0.2) is 5.96 Å². The Bertz CT molecular complexity index is 400. The van der Waals surface area contributed by atoms with E-state index < -0.39 is 0 Å². The van der Waals surface area contributed by atoms with Crippen LogP contribution >= 0.6 is 35.3 Å². The topological polar surface area (TPSA) is 39.7 Å². The molecule has 2 rings (SSSR count). The average molecular weight is 422 g/mol. The first-order chi connectivity index (χ1) is 9.78. The number of halogens is 1. The highest BCUT2D eigenvalue weighted by molar-refractivity contribution is 14.0. The van der Waals surface area contributed by atoms with E-state index in [1.807, 2.05) is 18.4 Å². The normalized spacial score (nSPS) is 17.3. The number of hydrogen-bond acceptors (Lipinski definition) is 3. The lowest BCUT2D eigenvalue weighted by Crippen LogP contribution is -2.42. The first-order valence-electron chi connectivity index (χ1n) is 7.43. The smallest absolute Gasteiger partial charge is 0.190 e. The molecule has 0 radical (unpaired) electrons. The molecule has 0 atom stereocenters. The van der Waals surface area contributed by atoms with Gasteiger partial charge >= 0.3 is 0 Å². The maximum Gasteiger partial charge on any atom is 0.190 e. The lowest BCUT2D eigenvalue weighted by atomic mass is 9.97. The summed E-state index contributed by atoms with van der Waals surface area (Å²) in [6.07, 6.45) is 3.64. The number of nitrogens with one attached hydrogen (secondary N) is 2. The summed E-state index contributed by atoms with van der Waals surface area (Å²) in [7, 11) is 4.05. The summed E-state index contributed by atoms with van der Waals surface area (Å²) in [4.78, 5) is 8.12. The van der Waals surface area contributed by atoms with E-state index in [0.29, 0.717) is 0 Å². The van der Waals surface area contributed by atoms with Crippen molar-refractivity contribution in [3.05, 3.63) is 22.4 Å². The van der Waals surface area contributed by atoms with E-state index in [1.54, 1.807) is 0 Å². The van der Waals surface area contributed by atoms with Crippen molar-refractivity contribution >= 4 is 41.3 Å². The van der Waals surface area contributed by atoms with Gasteiger partial charge in [-0.25, -0.2) is 0 Å². The Morgan fingerprint density at radius 1 is 1.38 bits per heavy atom. The van der Waals surface area contributed by atoms with Crippen LogP contribution in [0.5, 0.6) is 0 Å². The van der Waals surface area contributed by atoms with Gasteiger partial charge in [0, 0.05) is 25.0 Å². The van der Waals surface area contributed by atoms with Gasteiger partial charge in [0.05, 0.1) is 0 Å². The minimum atomic E-state index is 0. The third-order valence-electron chi connectivity index (χ3n) is 3.86. The monoisotopic (exact) mass is 422 g/mol. The zero-order chi connectivity index (χ0) is 14.2. The highest BCUT2D eigenvalue weighted by Crippen LogP contribution is 2.14. The highest BCUT2D eigenvalue weighted by Gasteiger charge is 2.16. The molecule has 0 bridgehead atoms. The second-order valence-corrected chi connectivity index (χ2v) is 6.49. The molecule has 1 aliphatic heterocycles. The van der Waals surface area contributed by atoms with Crippen LogP contribution in [0.1, 0.15) is 17.7 Å². The van der Waals surface area contributed by atoms with E-state index in [2.05, 4.69) is 45.1 Å². The van der Waals surface area contributed by atoms with Gasteiger partial charge in [-0.15, -0.1) is 35.3 Å². The molecular formula is C15H27IN4S. The van der Waals surface area contributed by atoms with Crippen LogP contribution in [0.25, 0.3) is 0 Å². The van der Waals surface area contributed by atoms with Crippen LogP contribution in [0.15, 0.2) is 22.5 Å². The standard InChI is InChI=1S/C15H26N4S.HI/c1-16-15(17-8-5-14-4-3-11-20-14)18-12-13-6-9-19(2)10-7-13;/h3-4,11,13H,5-10,12H2,1-2H3,(H2,16,17,18);1H. The van der Waals surface area contributed by atoms with E-state index in [9.17, 15) is 0 Å². The van der Waals surface area contributed by atoms with Gasteiger partial charge < -0.3 is 15.5 Å². The summed E-state index contributed by atoms with van der Waals surface area (Å²) in [6, 6.07) is 4.29. The molecule has 1 aliphatic rings. The maximum atomic E-state index is 4.29. The molecule has 2 heterocycles. The number of aliphatic imine (C=N–C) groups is 1. The molecular weight excluding hydrogens is 395 g/mol. The zero-order valence-electron chi connectivity index (χ0n) is 13.0. The summed E-state index contributed by atoms with van der Waals surface area (Å²) < 4.78 is 0. The fourth-order valence-corrected chi connectivity index (χ4v) is 3.20. The number of rotatable bonds is 5. The molecule has 0 amide bonds. The van der Waals surface area contributed by atoms with E-state index in [4.69, 9.17) is 0 Å². The molecule has 1 fully saturated rings. The van der Waals surface area contributed by atoms with Crippen molar-refractivity contribution in [3.8, 4) is 0 Å². The van der Waals surface area contributed by atoms with Gasteiger partial charge in [-0.3, -0.25) is 4.99 Å². The predicted octanol–water partition coefficient (Wildman–Crippen LogP) is 2.42. The molecule has 0 unspecified atom stereocenters. The van der Waals surface area contributed by atoms with Gasteiger partial charge in [-0.05, 0) is 56.8 Å². The van der Waals surface area contributed by atoms with Crippen LogP contribution in [0.3, 0.4) is 0 Å². The molecule has 0 spiro atoms. The van der Waals surface area contributed by atoms with Crippen molar-refractivity contribution in [2.24, 2.45) is 10.9 Å². The predicted molar refractivity (Wildman–Crippen MR) is 103 cm³/mol. The third kappa shape index (κ3) is 6.97. The Balaban J connectivity index is 0.00000220. The fraction of sp³-hybridized carbons (Fsp3) is 0.667. The second kappa shape index (κ2) is 10.4. The fourth-order valence-electron chi connectivity index (χ4n) is 2.49. The first kappa shape index (κ1) is 18.7. The molecule has 6 heteroatoms. The van der Waals surface area contributed by atoms with Crippen LogP contribution in [-0.4, -0.2) is 51.1 Å². The summed E-state index contributed by atoms with van der Waals surface area (Å²) in [5.41, 5.74) is 0. The van der Waals surface area contributed by atoms with Crippen LogP contribution in [0.2, 0.25) is 0 Å². The lowest BCUT2D eigenvalue weighted by Gasteiger charge is -2.29. The van der Waals surface area contributed by atoms with Crippen molar-refractivity contribution in [1.82, 2.24) is 15.5 Å². The van der Waals surface area contributed by atoms with Crippen LogP contribution < -0.4 is 10.6 Å². The molecule has 120 valence electrons. The minimum absolute atomic E-state index is 0. The molecule has 1 aromatic heterocycles. The summed E-state index contributed by atoms with van der Waals surface area (Å²) >= 11 is 1.81. The van der Waals surface area contributed by atoms with Crippen LogP contribution in [0, 0.1) is 5.92 Å². The van der Waals surface area contributed by atoms with Crippen molar-refractivity contribution in [3.63, 3.8) is 0 Å². The Labute approximate surface area is 149 Å². The zero-order valence-corrected chi connectivity index (χ0v) is 16.1. The van der Waals surface area contributed by atoms with Gasteiger partial charge in [0.2, 0.25) is 0 Å². The number of nitrogens with zero attached hydrogens (tertiary/aromatic N) is 2.